The number of alkyl halides is 3. The first-order valence-electron chi connectivity index (χ1n) is 7.35. The molecule has 0 heterocycles. The first-order valence-corrected chi connectivity index (χ1v) is 7.35. The number of halogens is 3. The predicted molar refractivity (Wildman–Crippen MR) is 74.1 cm³/mol. The van der Waals surface area contributed by atoms with E-state index in [1.54, 1.807) is 20.8 Å². The molecule has 124 valence electrons. The highest BCUT2D eigenvalue weighted by atomic mass is 19.4. The molecular formula is C14H25F3N2O2. The fourth-order valence-corrected chi connectivity index (χ4v) is 2.37. The van der Waals surface area contributed by atoms with Gasteiger partial charge in [0.25, 0.3) is 0 Å². The van der Waals surface area contributed by atoms with Crippen LogP contribution in [0, 0.1) is 0 Å². The van der Waals surface area contributed by atoms with Crippen molar-refractivity contribution >= 4 is 6.09 Å². The molecule has 1 rings (SSSR count). The highest BCUT2D eigenvalue weighted by molar-refractivity contribution is 5.68. The third kappa shape index (κ3) is 8.80. The van der Waals surface area contributed by atoms with Gasteiger partial charge in [0, 0.05) is 18.5 Å². The predicted octanol–water partition coefficient (Wildman–Crippen LogP) is 3.36. The molecule has 0 aromatic heterocycles. The molecule has 1 aliphatic rings. The number of carbonyl (C=O) groups is 1. The van der Waals surface area contributed by atoms with Gasteiger partial charge in [-0.05, 0) is 53.0 Å². The lowest BCUT2D eigenvalue weighted by Crippen LogP contribution is -2.39. The van der Waals surface area contributed by atoms with Gasteiger partial charge in [0.1, 0.15) is 5.60 Å². The number of ether oxygens (including phenoxy) is 1. The van der Waals surface area contributed by atoms with Crippen molar-refractivity contribution in [3.8, 4) is 0 Å². The molecule has 0 aromatic carbocycles. The average molecular weight is 310 g/mol. The highest BCUT2D eigenvalue weighted by Gasteiger charge is 2.28. The minimum absolute atomic E-state index is 0.0277. The molecule has 0 spiro atoms. The number of carbonyl (C=O) groups excluding carboxylic acids is 1. The fraction of sp³-hybridized carbons (Fsp3) is 0.929. The molecule has 4 nitrogen and oxygen atoms in total. The van der Waals surface area contributed by atoms with Gasteiger partial charge in [0.05, 0.1) is 0 Å². The number of amides is 1. The Balaban J connectivity index is 2.16. The zero-order chi connectivity index (χ0) is 16.1. The van der Waals surface area contributed by atoms with Gasteiger partial charge in [-0.1, -0.05) is 0 Å². The third-order valence-electron chi connectivity index (χ3n) is 3.22. The molecule has 1 amide bonds. The fourth-order valence-electron chi connectivity index (χ4n) is 2.37. The molecular weight excluding hydrogens is 285 g/mol. The minimum Gasteiger partial charge on any atom is -0.444 e. The van der Waals surface area contributed by atoms with E-state index in [0.29, 0.717) is 6.54 Å². The summed E-state index contributed by atoms with van der Waals surface area (Å²) in [5.41, 5.74) is -0.530. The summed E-state index contributed by atoms with van der Waals surface area (Å²) >= 11 is 0. The van der Waals surface area contributed by atoms with Crippen molar-refractivity contribution in [2.75, 3.05) is 6.54 Å². The van der Waals surface area contributed by atoms with Crippen molar-refractivity contribution in [2.45, 2.75) is 76.7 Å². The SMILES string of the molecule is CC(C)(C)OC(=O)NC1CCC(NCCCC(F)(F)F)C1. The van der Waals surface area contributed by atoms with E-state index in [1.807, 2.05) is 0 Å². The quantitative estimate of drug-likeness (QED) is 0.766. The van der Waals surface area contributed by atoms with Crippen LogP contribution in [0.1, 0.15) is 52.9 Å². The topological polar surface area (TPSA) is 50.4 Å². The second-order valence-corrected chi connectivity index (χ2v) is 6.53. The van der Waals surface area contributed by atoms with Crippen LogP contribution in [-0.4, -0.2) is 36.5 Å². The Morgan fingerprint density at radius 3 is 2.38 bits per heavy atom. The molecule has 0 bridgehead atoms. The summed E-state index contributed by atoms with van der Waals surface area (Å²) in [4.78, 5) is 11.6. The third-order valence-corrected chi connectivity index (χ3v) is 3.22. The van der Waals surface area contributed by atoms with E-state index in [2.05, 4.69) is 10.6 Å². The highest BCUT2D eigenvalue weighted by Crippen LogP contribution is 2.22. The standard InChI is InChI=1S/C14H25F3N2O2/c1-13(2,3)21-12(20)19-11-6-5-10(9-11)18-8-4-7-14(15,16)17/h10-11,18H,4-9H2,1-3H3,(H,19,20). The van der Waals surface area contributed by atoms with Crippen LogP contribution in [0.15, 0.2) is 0 Å². The van der Waals surface area contributed by atoms with Crippen molar-refractivity contribution in [1.29, 1.82) is 0 Å². The first kappa shape index (κ1) is 18.1. The summed E-state index contributed by atoms with van der Waals surface area (Å²) < 4.78 is 41.2. The van der Waals surface area contributed by atoms with E-state index in [0.717, 1.165) is 19.3 Å². The zero-order valence-electron chi connectivity index (χ0n) is 12.8. The van der Waals surface area contributed by atoms with E-state index in [9.17, 15) is 18.0 Å². The molecule has 2 atom stereocenters. The summed E-state index contributed by atoms with van der Waals surface area (Å²) in [7, 11) is 0. The van der Waals surface area contributed by atoms with E-state index in [-0.39, 0.29) is 18.5 Å². The Bertz CT molecular complexity index is 340. The van der Waals surface area contributed by atoms with Crippen LogP contribution in [-0.2, 0) is 4.74 Å². The summed E-state index contributed by atoms with van der Waals surface area (Å²) in [5, 5.41) is 5.91. The molecule has 1 fully saturated rings. The smallest absolute Gasteiger partial charge is 0.407 e. The molecule has 2 unspecified atom stereocenters. The van der Waals surface area contributed by atoms with Crippen LogP contribution in [0.5, 0.6) is 0 Å². The van der Waals surface area contributed by atoms with Crippen molar-refractivity contribution in [3.63, 3.8) is 0 Å². The van der Waals surface area contributed by atoms with Crippen LogP contribution in [0.4, 0.5) is 18.0 Å². The summed E-state index contributed by atoms with van der Waals surface area (Å²) in [5.74, 6) is 0. The average Bonchev–Trinajstić information content (AvgIpc) is 2.68. The number of nitrogens with one attached hydrogen (secondary N) is 2. The number of rotatable bonds is 5. The van der Waals surface area contributed by atoms with Crippen LogP contribution < -0.4 is 10.6 Å². The van der Waals surface area contributed by atoms with E-state index in [4.69, 9.17) is 4.74 Å². The molecule has 0 aliphatic heterocycles. The maximum Gasteiger partial charge on any atom is 0.407 e. The monoisotopic (exact) mass is 310 g/mol. The summed E-state index contributed by atoms with van der Waals surface area (Å²) in [6.07, 6.45) is -2.80. The lowest BCUT2D eigenvalue weighted by Gasteiger charge is -2.21. The number of hydrogen-bond acceptors (Lipinski definition) is 3. The summed E-state index contributed by atoms with van der Waals surface area (Å²) in [6.45, 7) is 5.74. The van der Waals surface area contributed by atoms with Crippen molar-refractivity contribution < 1.29 is 22.7 Å². The van der Waals surface area contributed by atoms with Crippen molar-refractivity contribution in [1.82, 2.24) is 10.6 Å². The Kier molecular flexibility index (Phi) is 6.31. The van der Waals surface area contributed by atoms with E-state index < -0.39 is 24.3 Å². The lowest BCUT2D eigenvalue weighted by atomic mass is 10.2. The second kappa shape index (κ2) is 7.33. The first-order chi connectivity index (χ1) is 9.55. The van der Waals surface area contributed by atoms with Gasteiger partial charge in [0.2, 0.25) is 0 Å². The van der Waals surface area contributed by atoms with Crippen LogP contribution in [0.3, 0.4) is 0 Å². The van der Waals surface area contributed by atoms with Gasteiger partial charge in [-0.15, -0.1) is 0 Å². The Morgan fingerprint density at radius 1 is 1.19 bits per heavy atom. The largest absolute Gasteiger partial charge is 0.444 e. The van der Waals surface area contributed by atoms with Gasteiger partial charge >= 0.3 is 12.3 Å². The maximum absolute atomic E-state index is 12.0. The number of alkyl carbamates (subject to hydrolysis) is 1. The molecule has 2 N–H and O–H groups in total. The lowest BCUT2D eigenvalue weighted by molar-refractivity contribution is -0.135. The molecule has 21 heavy (non-hydrogen) atoms. The second-order valence-electron chi connectivity index (χ2n) is 6.53. The van der Waals surface area contributed by atoms with Crippen molar-refractivity contribution in [3.05, 3.63) is 0 Å². The zero-order valence-corrected chi connectivity index (χ0v) is 12.8. The Labute approximate surface area is 123 Å². The molecule has 0 aromatic rings. The minimum atomic E-state index is -4.09. The van der Waals surface area contributed by atoms with Crippen molar-refractivity contribution in [2.24, 2.45) is 0 Å². The van der Waals surface area contributed by atoms with Crippen LogP contribution >= 0.6 is 0 Å². The van der Waals surface area contributed by atoms with Gasteiger partial charge in [-0.25, -0.2) is 4.79 Å². The van der Waals surface area contributed by atoms with Gasteiger partial charge in [-0.3, -0.25) is 0 Å². The van der Waals surface area contributed by atoms with E-state index in [1.165, 1.54) is 0 Å². The maximum atomic E-state index is 12.0. The Morgan fingerprint density at radius 2 is 1.81 bits per heavy atom. The summed E-state index contributed by atoms with van der Waals surface area (Å²) in [6, 6.07) is 0.193. The van der Waals surface area contributed by atoms with E-state index >= 15 is 0 Å². The van der Waals surface area contributed by atoms with Crippen LogP contribution in [0.2, 0.25) is 0 Å². The molecule has 1 aliphatic carbocycles. The normalized spacial score (nSPS) is 23.1. The molecule has 1 saturated carbocycles. The van der Waals surface area contributed by atoms with Crippen LogP contribution in [0.25, 0.3) is 0 Å². The van der Waals surface area contributed by atoms with Gasteiger partial charge < -0.3 is 15.4 Å². The number of hydrogen-bond donors (Lipinski definition) is 2. The Hall–Kier alpha value is -0.980. The van der Waals surface area contributed by atoms with Gasteiger partial charge in [0.15, 0.2) is 0 Å². The molecule has 0 radical (unpaired) electrons. The molecule has 7 heteroatoms. The van der Waals surface area contributed by atoms with Gasteiger partial charge in [-0.2, -0.15) is 13.2 Å². The molecule has 0 saturated heterocycles.